The number of ketones is 1. The Morgan fingerprint density at radius 2 is 1.82 bits per heavy atom. The van der Waals surface area contributed by atoms with Crippen molar-refractivity contribution in [2.75, 3.05) is 23.7 Å². The minimum absolute atomic E-state index is 0.0421. The second kappa shape index (κ2) is 9.42. The molecule has 178 valence electrons. The average molecular weight is 470 g/mol. The van der Waals surface area contributed by atoms with Crippen molar-refractivity contribution in [3.63, 3.8) is 0 Å². The first kappa shape index (κ1) is 23.7. The van der Waals surface area contributed by atoms with E-state index in [1.54, 1.807) is 0 Å². The summed E-state index contributed by atoms with van der Waals surface area (Å²) in [6.07, 6.45) is -3.37. The number of alkyl halides is 3. The van der Waals surface area contributed by atoms with E-state index in [2.05, 4.69) is 29.1 Å². The number of anilines is 2. The number of nitrogens with two attached hydrogens (primary N) is 1. The van der Waals surface area contributed by atoms with E-state index in [1.807, 2.05) is 35.2 Å². The van der Waals surface area contributed by atoms with E-state index in [1.165, 1.54) is 24.4 Å². The van der Waals surface area contributed by atoms with Crippen LogP contribution < -0.4 is 16.0 Å². The van der Waals surface area contributed by atoms with Crippen LogP contribution in [0.3, 0.4) is 0 Å². The van der Waals surface area contributed by atoms with Crippen molar-refractivity contribution in [3.8, 4) is 0 Å². The molecule has 0 amide bonds. The van der Waals surface area contributed by atoms with E-state index >= 15 is 0 Å². The van der Waals surface area contributed by atoms with Crippen LogP contribution in [0.25, 0.3) is 0 Å². The maximum Gasteiger partial charge on any atom is 0.418 e. The molecule has 1 fully saturated rings. The van der Waals surface area contributed by atoms with E-state index in [9.17, 15) is 18.0 Å². The topological polar surface area (TPSA) is 84.1 Å². The van der Waals surface area contributed by atoms with Crippen LogP contribution in [0, 0.1) is 5.92 Å². The summed E-state index contributed by atoms with van der Waals surface area (Å²) in [5.41, 5.74) is 4.96. The molecule has 1 aliphatic heterocycles. The normalized spacial score (nSPS) is 18.8. The minimum Gasteiger partial charge on any atom is -0.383 e. The molecule has 3 heterocycles. The largest absolute Gasteiger partial charge is 0.418 e. The van der Waals surface area contributed by atoms with E-state index in [0.29, 0.717) is 18.9 Å². The van der Waals surface area contributed by atoms with Crippen LogP contribution in [0.1, 0.15) is 47.1 Å². The van der Waals surface area contributed by atoms with Crippen molar-refractivity contribution in [1.29, 1.82) is 0 Å². The van der Waals surface area contributed by atoms with Gasteiger partial charge in [-0.2, -0.15) is 13.2 Å². The van der Waals surface area contributed by atoms with E-state index in [-0.39, 0.29) is 29.4 Å². The number of benzene rings is 1. The van der Waals surface area contributed by atoms with Crippen LogP contribution in [0.15, 0.2) is 60.8 Å². The van der Waals surface area contributed by atoms with E-state index in [4.69, 9.17) is 5.73 Å². The van der Waals surface area contributed by atoms with Crippen molar-refractivity contribution in [2.45, 2.75) is 32.1 Å². The summed E-state index contributed by atoms with van der Waals surface area (Å²) >= 11 is 0. The van der Waals surface area contributed by atoms with Gasteiger partial charge in [-0.1, -0.05) is 44.2 Å². The maximum absolute atomic E-state index is 13.8. The lowest BCUT2D eigenvalue weighted by molar-refractivity contribution is -0.138. The highest BCUT2D eigenvalue weighted by Crippen LogP contribution is 2.35. The maximum atomic E-state index is 13.8. The zero-order chi connectivity index (χ0) is 24.5. The predicted octanol–water partition coefficient (Wildman–Crippen LogP) is 4.48. The number of rotatable bonds is 5. The highest BCUT2D eigenvalue weighted by atomic mass is 19.4. The summed E-state index contributed by atoms with van der Waals surface area (Å²) in [7, 11) is 0. The van der Waals surface area contributed by atoms with Gasteiger partial charge in [0, 0.05) is 25.3 Å². The zero-order valence-electron chi connectivity index (χ0n) is 18.9. The van der Waals surface area contributed by atoms with Gasteiger partial charge in [0.25, 0.3) is 0 Å². The molecule has 3 aromatic rings. The van der Waals surface area contributed by atoms with Crippen molar-refractivity contribution in [3.05, 3.63) is 83.2 Å². The third-order valence-corrected chi connectivity index (χ3v) is 6.05. The number of pyridine rings is 2. The van der Waals surface area contributed by atoms with Gasteiger partial charge in [-0.15, -0.1) is 0 Å². The van der Waals surface area contributed by atoms with Crippen LogP contribution in [-0.4, -0.2) is 34.9 Å². The van der Waals surface area contributed by atoms with Crippen molar-refractivity contribution >= 4 is 17.4 Å². The summed E-state index contributed by atoms with van der Waals surface area (Å²) in [5, 5.41) is 3.63. The van der Waals surface area contributed by atoms with Crippen molar-refractivity contribution < 1.29 is 18.0 Å². The number of nitrogens with one attached hydrogen (secondary N) is 1. The van der Waals surface area contributed by atoms with Gasteiger partial charge in [-0.25, -0.2) is 9.97 Å². The first-order chi connectivity index (χ1) is 16.1. The Morgan fingerprint density at radius 3 is 2.47 bits per heavy atom. The lowest BCUT2D eigenvalue weighted by atomic mass is 9.95. The molecule has 9 heteroatoms. The van der Waals surface area contributed by atoms with Gasteiger partial charge in [0.2, 0.25) is 5.78 Å². The molecule has 0 saturated carbocycles. The SMILES string of the molecule is CC(C)C1CN(c2ccc(C(F)(F)F)c(C(=O)c3cccnc3N)n2)C[C@H](c2ccccc2)N1. The highest BCUT2D eigenvalue weighted by Gasteiger charge is 2.38. The third-order valence-electron chi connectivity index (χ3n) is 6.05. The molecule has 6 nitrogen and oxygen atoms in total. The molecule has 0 spiro atoms. The van der Waals surface area contributed by atoms with E-state index < -0.39 is 23.2 Å². The number of carbonyl (C=O) groups is 1. The number of nitrogen functional groups attached to an aromatic ring is 1. The quantitative estimate of drug-likeness (QED) is 0.536. The van der Waals surface area contributed by atoms with Gasteiger partial charge in [0.1, 0.15) is 17.3 Å². The smallest absolute Gasteiger partial charge is 0.383 e. The lowest BCUT2D eigenvalue weighted by Crippen LogP contribution is -2.54. The summed E-state index contributed by atoms with van der Waals surface area (Å²) in [5.74, 6) is -0.458. The number of hydrogen-bond donors (Lipinski definition) is 2. The number of hydrogen-bond acceptors (Lipinski definition) is 6. The molecule has 1 saturated heterocycles. The van der Waals surface area contributed by atoms with Crippen molar-refractivity contribution in [2.24, 2.45) is 5.92 Å². The number of piperazine rings is 1. The molecule has 0 radical (unpaired) electrons. The third kappa shape index (κ3) is 4.89. The molecule has 3 N–H and O–H groups in total. The van der Waals surface area contributed by atoms with Gasteiger partial charge in [0.15, 0.2) is 0 Å². The molecule has 2 atom stereocenters. The Morgan fingerprint density at radius 1 is 1.09 bits per heavy atom. The van der Waals surface area contributed by atoms with Crippen LogP contribution in [0.2, 0.25) is 0 Å². The van der Waals surface area contributed by atoms with Crippen LogP contribution in [0.4, 0.5) is 24.8 Å². The first-order valence-electron chi connectivity index (χ1n) is 11.0. The van der Waals surface area contributed by atoms with Gasteiger partial charge in [-0.3, -0.25) is 4.79 Å². The Hall–Kier alpha value is -3.46. The number of carbonyl (C=O) groups excluding carboxylic acids is 1. The molecule has 0 bridgehead atoms. The monoisotopic (exact) mass is 469 g/mol. The molecule has 2 aromatic heterocycles. The predicted molar refractivity (Wildman–Crippen MR) is 124 cm³/mol. The van der Waals surface area contributed by atoms with E-state index in [0.717, 1.165) is 11.6 Å². The minimum atomic E-state index is -4.75. The Balaban J connectivity index is 1.75. The summed E-state index contributed by atoms with van der Waals surface area (Å²) < 4.78 is 41.4. The molecule has 34 heavy (non-hydrogen) atoms. The van der Waals surface area contributed by atoms with Gasteiger partial charge in [-0.05, 0) is 35.7 Å². The summed E-state index contributed by atoms with van der Waals surface area (Å²) in [4.78, 5) is 23.1. The average Bonchev–Trinajstić information content (AvgIpc) is 2.83. The molecule has 0 aliphatic carbocycles. The summed E-state index contributed by atoms with van der Waals surface area (Å²) in [6, 6.07) is 15.0. The fourth-order valence-electron chi connectivity index (χ4n) is 4.14. The zero-order valence-corrected chi connectivity index (χ0v) is 18.9. The van der Waals surface area contributed by atoms with Crippen LogP contribution in [0.5, 0.6) is 0 Å². The molecular formula is C25H26F3N5O. The molecule has 4 rings (SSSR count). The molecule has 1 aromatic carbocycles. The highest BCUT2D eigenvalue weighted by molar-refractivity contribution is 6.11. The van der Waals surface area contributed by atoms with Gasteiger partial charge >= 0.3 is 6.18 Å². The molecular weight excluding hydrogens is 443 g/mol. The Bertz CT molecular complexity index is 1170. The molecule has 1 aliphatic rings. The Labute approximate surface area is 196 Å². The lowest BCUT2D eigenvalue weighted by Gasteiger charge is -2.41. The fourth-order valence-corrected chi connectivity index (χ4v) is 4.14. The number of nitrogens with zero attached hydrogens (tertiary/aromatic N) is 3. The van der Waals surface area contributed by atoms with Crippen molar-refractivity contribution in [1.82, 2.24) is 15.3 Å². The number of aromatic nitrogens is 2. The van der Waals surface area contributed by atoms with Crippen LogP contribution in [-0.2, 0) is 6.18 Å². The van der Waals surface area contributed by atoms with Gasteiger partial charge in [0.05, 0.1) is 17.2 Å². The second-order valence-corrected chi connectivity index (χ2v) is 8.71. The Kier molecular flexibility index (Phi) is 6.56. The second-order valence-electron chi connectivity index (χ2n) is 8.71. The summed E-state index contributed by atoms with van der Waals surface area (Å²) in [6.45, 7) is 5.21. The number of halogens is 3. The van der Waals surface area contributed by atoms with Crippen LogP contribution >= 0.6 is 0 Å². The first-order valence-corrected chi connectivity index (χ1v) is 11.0. The fraction of sp³-hybridized carbons (Fsp3) is 0.320. The molecule has 1 unspecified atom stereocenters. The van der Waals surface area contributed by atoms with Gasteiger partial charge < -0.3 is 16.0 Å². The standard InChI is InChI=1S/C25H26F3N5O/c1-15(2)19-13-33(14-20(31-19)16-7-4-3-5-8-16)21-11-10-18(25(26,27)28)22(32-21)23(34)17-9-6-12-30-24(17)29/h3-12,15,19-20,31H,13-14H2,1-2H3,(H2,29,30)/t19?,20-/m1/s1.